The summed E-state index contributed by atoms with van der Waals surface area (Å²) in [5, 5.41) is 2.93. The smallest absolute Gasteiger partial charge is 0.243 e. The fourth-order valence-corrected chi connectivity index (χ4v) is 5.35. The van der Waals surface area contributed by atoms with Crippen molar-refractivity contribution in [1.82, 2.24) is 14.5 Å². The Morgan fingerprint density at radius 3 is 2.14 bits per heavy atom. The lowest BCUT2D eigenvalue weighted by molar-refractivity contribution is -0.122. The van der Waals surface area contributed by atoms with Gasteiger partial charge in [-0.3, -0.25) is 9.69 Å². The summed E-state index contributed by atoms with van der Waals surface area (Å²) in [6.07, 6.45) is 1.84. The topological polar surface area (TPSA) is 69.7 Å². The molecule has 2 aromatic rings. The van der Waals surface area contributed by atoms with Crippen LogP contribution >= 0.6 is 0 Å². The average Bonchev–Trinajstić information content (AvgIpc) is 3.36. The predicted molar refractivity (Wildman–Crippen MR) is 107 cm³/mol. The zero-order valence-corrected chi connectivity index (χ0v) is 16.6. The lowest BCUT2D eigenvalue weighted by atomic mass is 10.1. The van der Waals surface area contributed by atoms with Crippen LogP contribution in [0.15, 0.2) is 53.4 Å². The first kappa shape index (κ1) is 19.1. The van der Waals surface area contributed by atoms with E-state index in [0.717, 1.165) is 31.5 Å². The van der Waals surface area contributed by atoms with Gasteiger partial charge in [-0.2, -0.15) is 4.31 Å². The van der Waals surface area contributed by atoms with Gasteiger partial charge in [-0.1, -0.05) is 36.4 Å². The Kier molecular flexibility index (Phi) is 5.48. The van der Waals surface area contributed by atoms with Crippen molar-refractivity contribution < 1.29 is 13.2 Å². The highest BCUT2D eigenvalue weighted by Gasteiger charge is 2.27. The zero-order valence-electron chi connectivity index (χ0n) is 15.8. The van der Waals surface area contributed by atoms with Gasteiger partial charge in [-0.05, 0) is 41.7 Å². The van der Waals surface area contributed by atoms with Crippen LogP contribution in [0.5, 0.6) is 0 Å². The summed E-state index contributed by atoms with van der Waals surface area (Å²) in [5.74, 6) is -0.0263. The van der Waals surface area contributed by atoms with E-state index in [2.05, 4.69) is 22.3 Å². The molecule has 0 unspecified atom stereocenters. The molecule has 0 atom stereocenters. The molecule has 0 saturated carbocycles. The van der Waals surface area contributed by atoms with E-state index >= 15 is 0 Å². The fourth-order valence-electron chi connectivity index (χ4n) is 3.83. The Morgan fingerprint density at radius 1 is 0.929 bits per heavy atom. The number of rotatable bonds is 6. The van der Waals surface area contributed by atoms with E-state index in [0.29, 0.717) is 31.1 Å². The standard InChI is InChI=1S/C21H25N3O3S/c25-21(16-23-14-18-5-1-2-6-19(18)15-23)22-13-17-7-9-20(10-8-17)28(26,27)24-11-3-4-12-24/h1-2,5-10H,3-4,11-16H2,(H,22,25). The van der Waals surface area contributed by atoms with Crippen LogP contribution in [-0.2, 0) is 34.5 Å². The monoisotopic (exact) mass is 399 g/mol. The zero-order chi connectivity index (χ0) is 19.6. The van der Waals surface area contributed by atoms with Crippen molar-refractivity contribution in [3.8, 4) is 0 Å². The van der Waals surface area contributed by atoms with Crippen LogP contribution in [0.4, 0.5) is 0 Å². The van der Waals surface area contributed by atoms with E-state index in [1.807, 2.05) is 12.1 Å². The van der Waals surface area contributed by atoms with Gasteiger partial charge < -0.3 is 5.32 Å². The maximum Gasteiger partial charge on any atom is 0.243 e. The molecular weight excluding hydrogens is 374 g/mol. The minimum atomic E-state index is -3.39. The van der Waals surface area contributed by atoms with Crippen LogP contribution in [0.2, 0.25) is 0 Å². The van der Waals surface area contributed by atoms with E-state index in [1.54, 1.807) is 24.3 Å². The Hall–Kier alpha value is -2.22. The van der Waals surface area contributed by atoms with Gasteiger partial charge >= 0.3 is 0 Å². The first-order valence-corrected chi connectivity index (χ1v) is 11.1. The molecule has 0 aliphatic carbocycles. The minimum Gasteiger partial charge on any atom is -0.351 e. The number of sulfonamides is 1. The number of fused-ring (bicyclic) bond motifs is 1. The molecule has 0 aromatic heterocycles. The molecule has 6 nitrogen and oxygen atoms in total. The van der Waals surface area contributed by atoms with E-state index in [9.17, 15) is 13.2 Å². The first-order chi connectivity index (χ1) is 13.5. The van der Waals surface area contributed by atoms with Crippen LogP contribution in [0.3, 0.4) is 0 Å². The van der Waals surface area contributed by atoms with Crippen molar-refractivity contribution >= 4 is 15.9 Å². The number of benzene rings is 2. The number of carbonyl (C=O) groups excluding carboxylic acids is 1. The lowest BCUT2D eigenvalue weighted by Crippen LogP contribution is -2.34. The molecule has 2 heterocycles. The van der Waals surface area contributed by atoms with Gasteiger partial charge in [0.2, 0.25) is 15.9 Å². The summed E-state index contributed by atoms with van der Waals surface area (Å²) in [5.41, 5.74) is 3.45. The van der Waals surface area contributed by atoms with Gasteiger partial charge in [-0.15, -0.1) is 0 Å². The second kappa shape index (κ2) is 8.03. The lowest BCUT2D eigenvalue weighted by Gasteiger charge is -2.16. The normalized spacial score (nSPS) is 17.6. The number of carbonyl (C=O) groups is 1. The Balaban J connectivity index is 1.29. The molecule has 4 rings (SSSR count). The van der Waals surface area contributed by atoms with Crippen LogP contribution < -0.4 is 5.32 Å². The number of hydrogen-bond donors (Lipinski definition) is 1. The molecular formula is C21H25N3O3S. The van der Waals surface area contributed by atoms with E-state index < -0.39 is 10.0 Å². The molecule has 2 aromatic carbocycles. The quantitative estimate of drug-likeness (QED) is 0.808. The third kappa shape index (κ3) is 4.11. The molecule has 1 saturated heterocycles. The minimum absolute atomic E-state index is 0.0263. The summed E-state index contributed by atoms with van der Waals surface area (Å²) in [6.45, 7) is 3.54. The van der Waals surface area contributed by atoms with E-state index in [1.165, 1.54) is 15.4 Å². The predicted octanol–water partition coefficient (Wildman–Crippen LogP) is 2.10. The largest absolute Gasteiger partial charge is 0.351 e. The highest BCUT2D eigenvalue weighted by atomic mass is 32.2. The molecule has 2 aliphatic rings. The van der Waals surface area contributed by atoms with Crippen LogP contribution in [0.1, 0.15) is 29.5 Å². The molecule has 1 amide bonds. The molecule has 0 bridgehead atoms. The Morgan fingerprint density at radius 2 is 1.54 bits per heavy atom. The first-order valence-electron chi connectivity index (χ1n) is 9.67. The van der Waals surface area contributed by atoms with Gasteiger partial charge in [0.05, 0.1) is 11.4 Å². The van der Waals surface area contributed by atoms with E-state index in [-0.39, 0.29) is 5.91 Å². The SMILES string of the molecule is O=C(CN1Cc2ccccc2C1)NCc1ccc(S(=O)(=O)N2CCCC2)cc1. The number of nitrogens with zero attached hydrogens (tertiary/aromatic N) is 2. The van der Waals surface area contributed by atoms with Crippen molar-refractivity contribution in [2.45, 2.75) is 37.4 Å². The molecule has 1 fully saturated rings. The Bertz CT molecular complexity index is 926. The van der Waals surface area contributed by atoms with Crippen molar-refractivity contribution in [3.05, 3.63) is 65.2 Å². The van der Waals surface area contributed by atoms with Crippen molar-refractivity contribution in [3.63, 3.8) is 0 Å². The van der Waals surface area contributed by atoms with Crippen LogP contribution in [-0.4, -0.2) is 43.2 Å². The summed E-state index contributed by atoms with van der Waals surface area (Å²) in [4.78, 5) is 14.7. The molecule has 28 heavy (non-hydrogen) atoms. The summed E-state index contributed by atoms with van der Waals surface area (Å²) >= 11 is 0. The summed E-state index contributed by atoms with van der Waals surface area (Å²) < 4.78 is 26.6. The second-order valence-corrected chi connectivity index (χ2v) is 9.38. The molecule has 1 N–H and O–H groups in total. The number of nitrogens with one attached hydrogen (secondary N) is 1. The number of hydrogen-bond acceptors (Lipinski definition) is 4. The average molecular weight is 400 g/mol. The molecule has 0 spiro atoms. The van der Waals surface area contributed by atoms with Crippen molar-refractivity contribution in [1.29, 1.82) is 0 Å². The highest BCUT2D eigenvalue weighted by molar-refractivity contribution is 7.89. The molecule has 7 heteroatoms. The van der Waals surface area contributed by atoms with Crippen molar-refractivity contribution in [2.24, 2.45) is 0 Å². The van der Waals surface area contributed by atoms with Gasteiger partial charge in [0.25, 0.3) is 0 Å². The summed E-state index contributed by atoms with van der Waals surface area (Å²) in [7, 11) is -3.39. The van der Waals surface area contributed by atoms with Crippen LogP contribution in [0, 0.1) is 0 Å². The van der Waals surface area contributed by atoms with Gasteiger partial charge in [-0.25, -0.2) is 8.42 Å². The molecule has 2 aliphatic heterocycles. The second-order valence-electron chi connectivity index (χ2n) is 7.45. The maximum absolute atomic E-state index is 12.5. The third-order valence-electron chi connectivity index (χ3n) is 5.39. The molecule has 148 valence electrons. The maximum atomic E-state index is 12.5. The van der Waals surface area contributed by atoms with E-state index in [4.69, 9.17) is 0 Å². The van der Waals surface area contributed by atoms with Crippen LogP contribution in [0.25, 0.3) is 0 Å². The highest BCUT2D eigenvalue weighted by Crippen LogP contribution is 2.22. The Labute approximate surface area is 166 Å². The van der Waals surface area contributed by atoms with Gasteiger partial charge in [0, 0.05) is 32.7 Å². The number of amides is 1. The van der Waals surface area contributed by atoms with Gasteiger partial charge in [0.1, 0.15) is 0 Å². The third-order valence-corrected chi connectivity index (χ3v) is 7.30. The summed E-state index contributed by atoms with van der Waals surface area (Å²) in [6, 6.07) is 15.1. The molecule has 0 radical (unpaired) electrons. The van der Waals surface area contributed by atoms with Gasteiger partial charge in [0.15, 0.2) is 0 Å². The van der Waals surface area contributed by atoms with Crippen molar-refractivity contribution in [2.75, 3.05) is 19.6 Å². The fraction of sp³-hybridized carbons (Fsp3) is 0.381.